The van der Waals surface area contributed by atoms with Crippen molar-refractivity contribution in [1.29, 1.82) is 0 Å². The van der Waals surface area contributed by atoms with Crippen LogP contribution in [0.2, 0.25) is 0 Å². The summed E-state index contributed by atoms with van der Waals surface area (Å²) >= 11 is 0. The first-order valence-electron chi connectivity index (χ1n) is 4.69. The Labute approximate surface area is 91.2 Å². The third-order valence-corrected chi connectivity index (χ3v) is 1.99. The van der Waals surface area contributed by atoms with Crippen LogP contribution in [0.1, 0.15) is 5.56 Å². The standard InChI is InChI=1S/C11H9F2N3/c12-9-4-10(13)11(16-7-9)15-6-8-2-1-3-14-5-8/h1-5,7H,6H2,(H,15,16). The molecule has 0 radical (unpaired) electrons. The lowest BCUT2D eigenvalue weighted by atomic mass is 10.3. The average molecular weight is 221 g/mol. The van der Waals surface area contributed by atoms with Crippen LogP contribution in [0, 0.1) is 11.6 Å². The first kappa shape index (κ1) is 10.5. The van der Waals surface area contributed by atoms with Gasteiger partial charge in [-0.1, -0.05) is 6.07 Å². The second-order valence-corrected chi connectivity index (χ2v) is 3.20. The molecule has 0 aliphatic rings. The lowest BCUT2D eigenvalue weighted by Crippen LogP contribution is -2.04. The molecule has 0 spiro atoms. The molecule has 0 aliphatic carbocycles. The van der Waals surface area contributed by atoms with Gasteiger partial charge in [-0.2, -0.15) is 0 Å². The van der Waals surface area contributed by atoms with E-state index in [0.29, 0.717) is 6.54 Å². The summed E-state index contributed by atoms with van der Waals surface area (Å²) in [6.45, 7) is 0.392. The van der Waals surface area contributed by atoms with E-state index in [9.17, 15) is 8.78 Å². The normalized spacial score (nSPS) is 10.1. The van der Waals surface area contributed by atoms with Crippen molar-refractivity contribution >= 4 is 5.82 Å². The summed E-state index contributed by atoms with van der Waals surface area (Å²) in [5.74, 6) is -1.36. The number of rotatable bonds is 3. The summed E-state index contributed by atoms with van der Waals surface area (Å²) in [5, 5.41) is 2.76. The molecule has 5 heteroatoms. The summed E-state index contributed by atoms with van der Waals surface area (Å²) in [4.78, 5) is 7.53. The van der Waals surface area contributed by atoms with Gasteiger partial charge in [-0.25, -0.2) is 13.8 Å². The van der Waals surface area contributed by atoms with Crippen molar-refractivity contribution in [3.63, 3.8) is 0 Å². The van der Waals surface area contributed by atoms with E-state index in [1.807, 2.05) is 6.07 Å². The van der Waals surface area contributed by atoms with Crippen molar-refractivity contribution in [3.05, 3.63) is 54.0 Å². The Morgan fingerprint density at radius 2 is 2.12 bits per heavy atom. The van der Waals surface area contributed by atoms with E-state index < -0.39 is 11.6 Å². The van der Waals surface area contributed by atoms with Gasteiger partial charge >= 0.3 is 0 Å². The van der Waals surface area contributed by atoms with Gasteiger partial charge in [-0.15, -0.1) is 0 Å². The molecule has 3 nitrogen and oxygen atoms in total. The lowest BCUT2D eigenvalue weighted by Gasteiger charge is -2.05. The minimum absolute atomic E-state index is 0.0326. The molecule has 2 heterocycles. The van der Waals surface area contributed by atoms with Crippen LogP contribution < -0.4 is 5.32 Å². The van der Waals surface area contributed by atoms with Gasteiger partial charge in [-0.3, -0.25) is 4.98 Å². The highest BCUT2D eigenvalue weighted by atomic mass is 19.1. The summed E-state index contributed by atoms with van der Waals surface area (Å²) in [6.07, 6.45) is 4.28. The summed E-state index contributed by atoms with van der Waals surface area (Å²) in [7, 11) is 0. The second kappa shape index (κ2) is 4.65. The number of nitrogens with one attached hydrogen (secondary N) is 1. The quantitative estimate of drug-likeness (QED) is 0.864. The third kappa shape index (κ3) is 2.50. The Hall–Kier alpha value is -2.04. The Bertz CT molecular complexity index is 474. The van der Waals surface area contributed by atoms with Gasteiger partial charge in [-0.05, 0) is 11.6 Å². The van der Waals surface area contributed by atoms with Crippen molar-refractivity contribution < 1.29 is 8.78 Å². The minimum Gasteiger partial charge on any atom is -0.364 e. The van der Waals surface area contributed by atoms with Gasteiger partial charge in [0.15, 0.2) is 11.6 Å². The maximum atomic E-state index is 13.2. The maximum Gasteiger partial charge on any atom is 0.168 e. The number of hydrogen-bond acceptors (Lipinski definition) is 3. The zero-order chi connectivity index (χ0) is 11.4. The average Bonchev–Trinajstić information content (AvgIpc) is 2.29. The van der Waals surface area contributed by atoms with Crippen molar-refractivity contribution in [2.75, 3.05) is 5.32 Å². The number of pyridine rings is 2. The van der Waals surface area contributed by atoms with Crippen LogP contribution in [0.5, 0.6) is 0 Å². The lowest BCUT2D eigenvalue weighted by molar-refractivity contribution is 0.575. The SMILES string of the molecule is Fc1cnc(NCc2cccnc2)c(F)c1. The number of anilines is 1. The number of halogens is 2. The van der Waals surface area contributed by atoms with Crippen LogP contribution in [-0.2, 0) is 6.54 Å². The molecule has 2 aromatic heterocycles. The molecule has 1 N–H and O–H groups in total. The smallest absolute Gasteiger partial charge is 0.168 e. The minimum atomic E-state index is -0.705. The third-order valence-electron chi connectivity index (χ3n) is 1.99. The van der Waals surface area contributed by atoms with Crippen LogP contribution in [0.4, 0.5) is 14.6 Å². The second-order valence-electron chi connectivity index (χ2n) is 3.20. The molecule has 0 unspecified atom stereocenters. The van der Waals surface area contributed by atoms with Gasteiger partial charge in [0.2, 0.25) is 0 Å². The molecule has 2 aromatic rings. The molecule has 0 saturated heterocycles. The molecule has 0 aromatic carbocycles. The zero-order valence-corrected chi connectivity index (χ0v) is 8.32. The molecule has 82 valence electrons. The monoisotopic (exact) mass is 221 g/mol. The molecule has 0 atom stereocenters. The maximum absolute atomic E-state index is 13.2. The molecule has 2 rings (SSSR count). The van der Waals surface area contributed by atoms with Gasteiger partial charge in [0.05, 0.1) is 6.20 Å². The highest BCUT2D eigenvalue weighted by Gasteiger charge is 2.04. The fraction of sp³-hybridized carbons (Fsp3) is 0.0909. The highest BCUT2D eigenvalue weighted by molar-refractivity contribution is 5.36. The molecule has 0 fully saturated rings. The Kier molecular flexibility index (Phi) is 3.05. The fourth-order valence-corrected chi connectivity index (χ4v) is 1.23. The van der Waals surface area contributed by atoms with E-state index in [4.69, 9.17) is 0 Å². The summed E-state index contributed by atoms with van der Waals surface area (Å²) in [6, 6.07) is 4.42. The molecule has 0 amide bonds. The van der Waals surface area contributed by atoms with Gasteiger partial charge in [0.1, 0.15) is 5.82 Å². The topological polar surface area (TPSA) is 37.8 Å². The van der Waals surface area contributed by atoms with Crippen LogP contribution in [0.15, 0.2) is 36.8 Å². The van der Waals surface area contributed by atoms with E-state index in [1.54, 1.807) is 18.5 Å². The molecular formula is C11H9F2N3. The summed E-state index contributed by atoms with van der Waals surface area (Å²) < 4.78 is 25.7. The molecule has 0 saturated carbocycles. The molecular weight excluding hydrogens is 212 g/mol. The van der Waals surface area contributed by atoms with Crippen molar-refractivity contribution in [2.24, 2.45) is 0 Å². The zero-order valence-electron chi connectivity index (χ0n) is 8.32. The van der Waals surface area contributed by atoms with Crippen LogP contribution in [-0.4, -0.2) is 9.97 Å². The number of nitrogens with zero attached hydrogens (tertiary/aromatic N) is 2. The number of hydrogen-bond donors (Lipinski definition) is 1. The van der Waals surface area contributed by atoms with Gasteiger partial charge < -0.3 is 5.32 Å². The van der Waals surface area contributed by atoms with Crippen LogP contribution in [0.25, 0.3) is 0 Å². The Balaban J connectivity index is 2.05. The van der Waals surface area contributed by atoms with Gasteiger partial charge in [0, 0.05) is 25.0 Å². The van der Waals surface area contributed by atoms with Crippen LogP contribution in [0.3, 0.4) is 0 Å². The van der Waals surface area contributed by atoms with Crippen molar-refractivity contribution in [3.8, 4) is 0 Å². The van der Waals surface area contributed by atoms with Crippen molar-refractivity contribution in [2.45, 2.75) is 6.54 Å². The van der Waals surface area contributed by atoms with E-state index in [0.717, 1.165) is 17.8 Å². The summed E-state index contributed by atoms with van der Waals surface area (Å²) in [5.41, 5.74) is 0.896. The van der Waals surface area contributed by atoms with E-state index >= 15 is 0 Å². The first-order chi connectivity index (χ1) is 7.75. The first-order valence-corrected chi connectivity index (χ1v) is 4.69. The number of aromatic nitrogens is 2. The Morgan fingerprint density at radius 3 is 2.81 bits per heavy atom. The predicted octanol–water partition coefficient (Wildman–Crippen LogP) is 2.37. The van der Waals surface area contributed by atoms with E-state index in [-0.39, 0.29) is 5.82 Å². The van der Waals surface area contributed by atoms with Crippen LogP contribution >= 0.6 is 0 Å². The fourth-order valence-electron chi connectivity index (χ4n) is 1.23. The molecule has 16 heavy (non-hydrogen) atoms. The largest absolute Gasteiger partial charge is 0.364 e. The van der Waals surface area contributed by atoms with E-state index in [1.165, 1.54) is 0 Å². The van der Waals surface area contributed by atoms with Crippen molar-refractivity contribution in [1.82, 2.24) is 9.97 Å². The Morgan fingerprint density at radius 1 is 1.25 bits per heavy atom. The molecule has 0 bridgehead atoms. The highest BCUT2D eigenvalue weighted by Crippen LogP contribution is 2.12. The van der Waals surface area contributed by atoms with Gasteiger partial charge in [0.25, 0.3) is 0 Å². The van der Waals surface area contributed by atoms with E-state index in [2.05, 4.69) is 15.3 Å². The predicted molar refractivity (Wildman–Crippen MR) is 55.7 cm³/mol. The molecule has 0 aliphatic heterocycles.